The highest BCUT2D eigenvalue weighted by Gasteiger charge is 2.34. The van der Waals surface area contributed by atoms with Crippen molar-refractivity contribution in [3.63, 3.8) is 0 Å². The van der Waals surface area contributed by atoms with Crippen LogP contribution in [0.4, 0.5) is 26.8 Å². The molecular formula is C37H41IN4O8. The van der Waals surface area contributed by atoms with Gasteiger partial charge in [-0.1, -0.05) is 59.0 Å². The van der Waals surface area contributed by atoms with Crippen LogP contribution in [0.1, 0.15) is 64.3 Å². The van der Waals surface area contributed by atoms with Gasteiger partial charge < -0.3 is 30.0 Å². The number of anilines is 3. The second kappa shape index (κ2) is 16.3. The maximum atomic E-state index is 13.2. The number of fused-ring (bicyclic) bond motifs is 1. The molecule has 264 valence electrons. The maximum Gasteiger partial charge on any atom is 0.425 e. The standard InChI is InChI=1S/C37H41IN4O8/c1-36(2,3)49-34(46)42(35(47)50-37(4,5)6)32-29-15-14-28(19-26(29)16-17-39-32)41-31(33(44)45)25-12-10-23(11-13-25)21-48-22-30(43)40-27-9-7-8-24(18-27)20-38/h7-19,31,41H,20-22H2,1-6H3,(H,40,43)(H,44,45). The Balaban J connectivity index is 1.47. The number of carbonyl (C=O) groups is 4. The van der Waals surface area contributed by atoms with Crippen molar-refractivity contribution in [1.29, 1.82) is 0 Å². The van der Waals surface area contributed by atoms with E-state index in [4.69, 9.17) is 14.2 Å². The molecule has 0 spiro atoms. The number of imide groups is 1. The Hall–Kier alpha value is -4.76. The number of halogens is 1. The Bertz CT molecular complexity index is 1820. The predicted molar refractivity (Wildman–Crippen MR) is 200 cm³/mol. The molecule has 50 heavy (non-hydrogen) atoms. The third-order valence-corrected chi connectivity index (χ3v) is 7.73. The van der Waals surface area contributed by atoms with E-state index in [0.717, 1.165) is 20.5 Å². The molecule has 12 nitrogen and oxygen atoms in total. The predicted octanol–water partition coefficient (Wildman–Crippen LogP) is 8.24. The van der Waals surface area contributed by atoms with E-state index in [1.165, 1.54) is 6.20 Å². The number of carbonyl (C=O) groups excluding carboxylic acids is 3. The molecule has 0 aliphatic rings. The third kappa shape index (κ3) is 10.9. The van der Waals surface area contributed by atoms with E-state index in [1.54, 1.807) is 90.1 Å². The fourth-order valence-electron chi connectivity index (χ4n) is 4.74. The number of hydrogen-bond acceptors (Lipinski definition) is 9. The van der Waals surface area contributed by atoms with Crippen LogP contribution in [-0.4, -0.2) is 52.0 Å². The lowest BCUT2D eigenvalue weighted by Gasteiger charge is -2.28. The zero-order chi connectivity index (χ0) is 36.6. The first-order valence-electron chi connectivity index (χ1n) is 15.8. The number of aliphatic carboxylic acids is 1. The minimum atomic E-state index is -1.10. The van der Waals surface area contributed by atoms with E-state index < -0.39 is 35.4 Å². The fourth-order valence-corrected chi connectivity index (χ4v) is 5.22. The first-order chi connectivity index (χ1) is 23.5. The zero-order valence-corrected chi connectivity index (χ0v) is 30.9. The van der Waals surface area contributed by atoms with Crippen LogP contribution in [0.3, 0.4) is 0 Å². The van der Waals surface area contributed by atoms with Gasteiger partial charge in [0, 0.05) is 27.4 Å². The number of rotatable bonds is 11. The number of nitrogens with zero attached hydrogens (tertiary/aromatic N) is 2. The van der Waals surface area contributed by atoms with Crippen molar-refractivity contribution in [3.05, 3.63) is 95.7 Å². The molecule has 4 rings (SSSR count). The van der Waals surface area contributed by atoms with E-state index in [9.17, 15) is 24.3 Å². The van der Waals surface area contributed by atoms with Crippen LogP contribution in [0, 0.1) is 0 Å². The molecule has 0 saturated carbocycles. The second-order valence-electron chi connectivity index (χ2n) is 13.4. The first-order valence-corrected chi connectivity index (χ1v) is 17.3. The highest BCUT2D eigenvalue weighted by atomic mass is 127. The summed E-state index contributed by atoms with van der Waals surface area (Å²) in [5.74, 6) is -1.37. The topological polar surface area (TPSA) is 156 Å². The van der Waals surface area contributed by atoms with Crippen LogP contribution >= 0.6 is 22.6 Å². The van der Waals surface area contributed by atoms with Crippen molar-refractivity contribution in [1.82, 2.24) is 4.98 Å². The lowest BCUT2D eigenvalue weighted by molar-refractivity contribution is -0.138. The van der Waals surface area contributed by atoms with Gasteiger partial charge in [-0.3, -0.25) is 4.79 Å². The van der Waals surface area contributed by atoms with Crippen LogP contribution in [0.15, 0.2) is 79.0 Å². The average Bonchev–Trinajstić information content (AvgIpc) is 3.02. The highest BCUT2D eigenvalue weighted by Crippen LogP contribution is 2.31. The molecule has 1 heterocycles. The van der Waals surface area contributed by atoms with Gasteiger partial charge in [0.25, 0.3) is 0 Å². The Kier molecular flexibility index (Phi) is 12.4. The number of benzene rings is 3. The van der Waals surface area contributed by atoms with Gasteiger partial charge in [-0.05, 0) is 100 Å². The molecule has 1 aromatic heterocycles. The summed E-state index contributed by atoms with van der Waals surface area (Å²) >= 11 is 2.26. The van der Waals surface area contributed by atoms with Gasteiger partial charge >= 0.3 is 18.2 Å². The summed E-state index contributed by atoms with van der Waals surface area (Å²) in [6, 6.07) is 20.0. The highest BCUT2D eigenvalue weighted by molar-refractivity contribution is 14.1. The summed E-state index contributed by atoms with van der Waals surface area (Å²) in [6.07, 6.45) is -0.463. The van der Waals surface area contributed by atoms with Gasteiger partial charge in [0.2, 0.25) is 5.91 Å². The van der Waals surface area contributed by atoms with Crippen LogP contribution in [0.25, 0.3) is 10.8 Å². The average molecular weight is 797 g/mol. The summed E-state index contributed by atoms with van der Waals surface area (Å²) in [7, 11) is 0. The lowest BCUT2D eigenvalue weighted by Crippen LogP contribution is -2.44. The molecule has 0 radical (unpaired) electrons. The number of aromatic nitrogens is 1. The van der Waals surface area contributed by atoms with Crippen molar-refractivity contribution in [3.8, 4) is 0 Å². The summed E-state index contributed by atoms with van der Waals surface area (Å²) in [5, 5.41) is 17.0. The van der Waals surface area contributed by atoms with E-state index >= 15 is 0 Å². The van der Waals surface area contributed by atoms with Crippen LogP contribution in [0.5, 0.6) is 0 Å². The monoisotopic (exact) mass is 796 g/mol. The van der Waals surface area contributed by atoms with Crippen molar-refractivity contribution in [2.45, 2.75) is 69.8 Å². The minimum absolute atomic E-state index is 0.00743. The quantitative estimate of drug-likeness (QED) is 0.0998. The summed E-state index contributed by atoms with van der Waals surface area (Å²) < 4.78 is 17.4. The fraction of sp³-hybridized carbons (Fsp3) is 0.324. The van der Waals surface area contributed by atoms with Crippen molar-refractivity contribution in [2.24, 2.45) is 0 Å². The number of carboxylic acid groups (broad SMARTS) is 1. The van der Waals surface area contributed by atoms with Gasteiger partial charge in [-0.2, -0.15) is 4.90 Å². The number of nitrogens with one attached hydrogen (secondary N) is 2. The number of alkyl halides is 1. The molecule has 1 unspecified atom stereocenters. The van der Waals surface area contributed by atoms with Gasteiger partial charge in [0.1, 0.15) is 17.8 Å². The molecule has 0 bridgehead atoms. The van der Waals surface area contributed by atoms with Gasteiger partial charge in [0.05, 0.1) is 6.61 Å². The van der Waals surface area contributed by atoms with Gasteiger partial charge in [-0.25, -0.2) is 19.4 Å². The normalized spacial score (nSPS) is 12.1. The maximum absolute atomic E-state index is 13.2. The van der Waals surface area contributed by atoms with Gasteiger partial charge in [-0.15, -0.1) is 0 Å². The number of carboxylic acids is 1. The Morgan fingerprint density at radius 1 is 0.840 bits per heavy atom. The molecular weight excluding hydrogens is 755 g/mol. The number of pyridine rings is 1. The van der Waals surface area contributed by atoms with Crippen LogP contribution in [0.2, 0.25) is 0 Å². The molecule has 3 N–H and O–H groups in total. The van der Waals surface area contributed by atoms with Crippen LogP contribution in [-0.2, 0) is 34.8 Å². The number of ether oxygens (including phenoxy) is 3. The summed E-state index contributed by atoms with van der Waals surface area (Å²) in [4.78, 5) is 56.2. The minimum Gasteiger partial charge on any atom is -0.479 e. The molecule has 4 aromatic rings. The third-order valence-electron chi connectivity index (χ3n) is 6.85. The van der Waals surface area contributed by atoms with E-state index in [-0.39, 0.29) is 24.9 Å². The molecule has 0 saturated heterocycles. The van der Waals surface area contributed by atoms with E-state index in [2.05, 4.69) is 38.2 Å². The first kappa shape index (κ1) is 38.0. The van der Waals surface area contributed by atoms with Crippen molar-refractivity contribution < 1.29 is 38.5 Å². The summed E-state index contributed by atoms with van der Waals surface area (Å²) in [6.45, 7) is 10.1. The number of hydrogen-bond donors (Lipinski definition) is 3. The van der Waals surface area contributed by atoms with E-state index in [1.807, 2.05) is 24.3 Å². The zero-order valence-electron chi connectivity index (χ0n) is 28.8. The number of amides is 3. The van der Waals surface area contributed by atoms with Gasteiger partial charge in [0.15, 0.2) is 11.9 Å². The molecule has 1 atom stereocenters. The largest absolute Gasteiger partial charge is 0.479 e. The molecule has 0 aliphatic heterocycles. The van der Waals surface area contributed by atoms with Crippen LogP contribution < -0.4 is 15.5 Å². The molecule has 13 heteroatoms. The molecule has 3 amide bonds. The Labute approximate surface area is 304 Å². The van der Waals surface area contributed by atoms with Crippen molar-refractivity contribution in [2.75, 3.05) is 22.1 Å². The second-order valence-corrected chi connectivity index (χ2v) is 14.2. The summed E-state index contributed by atoms with van der Waals surface area (Å²) in [5.41, 5.74) is 1.75. The van der Waals surface area contributed by atoms with Crippen molar-refractivity contribution >= 4 is 74.6 Å². The Morgan fingerprint density at radius 3 is 2.10 bits per heavy atom. The molecule has 0 fully saturated rings. The van der Waals surface area contributed by atoms with E-state index in [0.29, 0.717) is 27.7 Å². The smallest absolute Gasteiger partial charge is 0.425 e. The lowest BCUT2D eigenvalue weighted by atomic mass is 10.0. The SMILES string of the molecule is CC(C)(C)OC(=O)N(C(=O)OC(C)(C)C)c1nccc2cc(NC(C(=O)O)c3ccc(COCC(=O)Nc4cccc(CI)c4)cc3)ccc12. The molecule has 0 aliphatic carbocycles. The molecule has 3 aromatic carbocycles. The Morgan fingerprint density at radius 2 is 1.50 bits per heavy atom.